The number of piperidine rings is 1. The smallest absolute Gasteiger partial charge is 0.329 e. The van der Waals surface area contributed by atoms with Gasteiger partial charge in [0.15, 0.2) is 0 Å². The van der Waals surface area contributed by atoms with Crippen LogP contribution in [-0.4, -0.2) is 36.0 Å². The van der Waals surface area contributed by atoms with Crippen LogP contribution in [0, 0.1) is 23.7 Å². The summed E-state index contributed by atoms with van der Waals surface area (Å²) in [5.74, 6) is 6.18. The molecule has 1 N–H and O–H groups in total. The minimum Gasteiger partial charge on any atom is -0.329 e. The molecule has 3 nitrogen and oxygen atoms in total. The molecule has 0 unspecified atom stereocenters. The third kappa shape index (κ3) is 4.66. The van der Waals surface area contributed by atoms with Gasteiger partial charge in [0.2, 0.25) is 0 Å². The van der Waals surface area contributed by atoms with E-state index >= 15 is 0 Å². The van der Waals surface area contributed by atoms with Crippen molar-refractivity contribution in [3.05, 3.63) is 70.8 Å². The largest absolute Gasteiger partial charge is 0.416 e. The van der Waals surface area contributed by atoms with E-state index in [0.29, 0.717) is 24.1 Å². The Labute approximate surface area is 211 Å². The van der Waals surface area contributed by atoms with Gasteiger partial charge in [-0.15, -0.1) is 0 Å². The van der Waals surface area contributed by atoms with Crippen molar-refractivity contribution in [3.63, 3.8) is 0 Å². The molecule has 2 aromatic rings. The summed E-state index contributed by atoms with van der Waals surface area (Å²) in [5.41, 5.74) is 2.65. The van der Waals surface area contributed by atoms with E-state index in [9.17, 15) is 18.0 Å². The maximum Gasteiger partial charge on any atom is 0.416 e. The number of rotatable bonds is 3. The molecule has 2 fully saturated rings. The highest BCUT2D eigenvalue weighted by molar-refractivity contribution is 5.94. The molecule has 6 heteroatoms. The molecule has 4 atom stereocenters. The molecule has 0 spiro atoms. The monoisotopic (exact) mass is 494 g/mol. The van der Waals surface area contributed by atoms with Crippen LogP contribution in [0.15, 0.2) is 48.5 Å². The molecule has 2 bridgehead atoms. The van der Waals surface area contributed by atoms with Crippen LogP contribution in [-0.2, 0) is 22.8 Å². The first-order chi connectivity index (χ1) is 17.2. The second-order valence-electron chi connectivity index (χ2n) is 11.0. The van der Waals surface area contributed by atoms with Crippen LogP contribution in [0.1, 0.15) is 61.8 Å². The Morgan fingerprint density at radius 3 is 2.61 bits per heavy atom. The lowest BCUT2D eigenvalue weighted by Crippen LogP contribution is -2.62. The minimum absolute atomic E-state index is 0.0735. The van der Waals surface area contributed by atoms with Crippen molar-refractivity contribution in [3.8, 4) is 11.8 Å². The summed E-state index contributed by atoms with van der Waals surface area (Å²) in [7, 11) is 0. The molecular formula is C30H33F3N2O. The molecule has 0 aromatic heterocycles. The topological polar surface area (TPSA) is 32.3 Å². The van der Waals surface area contributed by atoms with Crippen LogP contribution in [0.4, 0.5) is 13.2 Å². The number of alkyl halides is 3. The van der Waals surface area contributed by atoms with Crippen LogP contribution in [0.2, 0.25) is 0 Å². The Bertz CT molecular complexity index is 1180. The summed E-state index contributed by atoms with van der Waals surface area (Å²) in [6, 6.07) is 14.1. The van der Waals surface area contributed by atoms with E-state index in [1.54, 1.807) is 0 Å². The molecule has 2 aromatic carbocycles. The summed E-state index contributed by atoms with van der Waals surface area (Å²) in [6.07, 6.45) is 0.716. The number of hydrogen-bond acceptors (Lipinski definition) is 2. The predicted molar refractivity (Wildman–Crippen MR) is 134 cm³/mol. The molecule has 1 heterocycles. The fraction of sp³-hybridized carbons (Fsp3) is 0.500. The molecule has 190 valence electrons. The lowest BCUT2D eigenvalue weighted by molar-refractivity contribution is -0.137. The maximum absolute atomic E-state index is 13.4. The first-order valence-corrected chi connectivity index (χ1v) is 13.0. The maximum atomic E-state index is 13.4. The van der Waals surface area contributed by atoms with Crippen LogP contribution in [0.25, 0.3) is 0 Å². The highest BCUT2D eigenvalue weighted by Gasteiger charge is 2.54. The molecule has 1 aliphatic heterocycles. The zero-order chi connectivity index (χ0) is 25.5. The summed E-state index contributed by atoms with van der Waals surface area (Å²) in [6.45, 7) is 5.82. The van der Waals surface area contributed by atoms with E-state index in [2.05, 4.69) is 55.3 Å². The molecule has 0 radical (unpaired) electrons. The van der Waals surface area contributed by atoms with Crippen molar-refractivity contribution in [1.82, 2.24) is 10.2 Å². The van der Waals surface area contributed by atoms with Gasteiger partial charge in [0.25, 0.3) is 5.91 Å². The van der Waals surface area contributed by atoms with Gasteiger partial charge in [-0.2, -0.15) is 13.2 Å². The quantitative estimate of drug-likeness (QED) is 0.566. The van der Waals surface area contributed by atoms with E-state index in [1.807, 2.05) is 4.90 Å². The van der Waals surface area contributed by atoms with Crippen molar-refractivity contribution in [2.24, 2.45) is 11.8 Å². The van der Waals surface area contributed by atoms with Gasteiger partial charge in [0, 0.05) is 35.5 Å². The normalized spacial score (nSPS) is 26.9. The lowest BCUT2D eigenvalue weighted by atomic mass is 9.52. The van der Waals surface area contributed by atoms with Crippen LogP contribution in [0.5, 0.6) is 0 Å². The standard InChI is InChI=1S/C30H33F3N2O/c1-20(2)19-35(28(36)14-9-21-7-10-23(11-8-21)30(31,32)33)24-12-13-26-27-17-22-5-3-4-6-25(22)29(26,18-24)15-16-34-27/h3-8,10-11,20,24,26-27,34H,12-13,15-19H2,1-2H3/t24-,26-,27+,29+/m0/s1. The highest BCUT2D eigenvalue weighted by Crippen LogP contribution is 2.54. The number of benzene rings is 2. The van der Waals surface area contributed by atoms with Gasteiger partial charge in [-0.05, 0) is 85.9 Å². The van der Waals surface area contributed by atoms with E-state index in [4.69, 9.17) is 0 Å². The lowest BCUT2D eigenvalue weighted by Gasteiger charge is -2.58. The van der Waals surface area contributed by atoms with Crippen molar-refractivity contribution in [1.29, 1.82) is 0 Å². The van der Waals surface area contributed by atoms with E-state index < -0.39 is 11.7 Å². The zero-order valence-electron chi connectivity index (χ0n) is 20.9. The number of halogens is 3. The zero-order valence-corrected chi connectivity index (χ0v) is 20.9. The fourth-order valence-electron chi connectivity index (χ4n) is 6.90. The molecule has 3 aliphatic rings. The minimum atomic E-state index is -4.39. The second-order valence-corrected chi connectivity index (χ2v) is 11.0. The Kier molecular flexibility index (Phi) is 6.63. The van der Waals surface area contributed by atoms with Gasteiger partial charge in [0.05, 0.1) is 5.56 Å². The van der Waals surface area contributed by atoms with Crippen molar-refractivity contribution >= 4 is 5.91 Å². The Morgan fingerprint density at radius 1 is 1.14 bits per heavy atom. The average molecular weight is 495 g/mol. The number of fused-ring (bicyclic) bond motifs is 1. The fourth-order valence-corrected chi connectivity index (χ4v) is 6.90. The van der Waals surface area contributed by atoms with Crippen LogP contribution in [0.3, 0.4) is 0 Å². The SMILES string of the molecule is CC(C)CN(C(=O)C#Cc1ccc(C(F)(F)F)cc1)[C@H]1CC[C@H]2[C@H]3Cc4ccccc4[C@@]2(CCN3)C1. The molecule has 1 amide bonds. The molecule has 1 saturated carbocycles. The van der Waals surface area contributed by atoms with Gasteiger partial charge < -0.3 is 10.2 Å². The third-order valence-corrected chi connectivity index (χ3v) is 8.37. The van der Waals surface area contributed by atoms with Crippen molar-refractivity contribution < 1.29 is 18.0 Å². The molecule has 36 heavy (non-hydrogen) atoms. The van der Waals surface area contributed by atoms with Gasteiger partial charge in [-0.1, -0.05) is 44.0 Å². The number of carbonyl (C=O) groups is 1. The van der Waals surface area contributed by atoms with Crippen molar-refractivity contribution in [2.45, 2.75) is 69.6 Å². The van der Waals surface area contributed by atoms with E-state index in [0.717, 1.165) is 50.8 Å². The van der Waals surface area contributed by atoms with Crippen LogP contribution >= 0.6 is 0 Å². The summed E-state index contributed by atoms with van der Waals surface area (Å²) in [4.78, 5) is 15.4. The molecule has 2 aliphatic carbocycles. The highest BCUT2D eigenvalue weighted by atomic mass is 19.4. The van der Waals surface area contributed by atoms with Gasteiger partial charge >= 0.3 is 6.18 Å². The van der Waals surface area contributed by atoms with Crippen molar-refractivity contribution in [2.75, 3.05) is 13.1 Å². The Balaban J connectivity index is 1.41. The van der Waals surface area contributed by atoms with Gasteiger partial charge in [-0.25, -0.2) is 0 Å². The summed E-state index contributed by atoms with van der Waals surface area (Å²) >= 11 is 0. The molecule has 1 saturated heterocycles. The van der Waals surface area contributed by atoms with Gasteiger partial charge in [-0.3, -0.25) is 4.79 Å². The van der Waals surface area contributed by atoms with Crippen LogP contribution < -0.4 is 5.32 Å². The third-order valence-electron chi connectivity index (χ3n) is 8.37. The number of hydrogen-bond donors (Lipinski definition) is 1. The first kappa shape index (κ1) is 24.9. The Hall–Kier alpha value is -2.78. The number of amides is 1. The number of carbonyl (C=O) groups excluding carboxylic acids is 1. The van der Waals surface area contributed by atoms with Gasteiger partial charge in [0.1, 0.15) is 0 Å². The molecule has 5 rings (SSSR count). The second kappa shape index (κ2) is 9.59. The summed E-state index contributed by atoms with van der Waals surface area (Å²) in [5, 5.41) is 3.76. The average Bonchev–Trinajstić information content (AvgIpc) is 2.85. The number of nitrogens with one attached hydrogen (secondary N) is 1. The molecular weight excluding hydrogens is 461 g/mol. The predicted octanol–water partition coefficient (Wildman–Crippen LogP) is 5.57. The number of nitrogens with zero attached hydrogens (tertiary/aromatic N) is 1. The van der Waals surface area contributed by atoms with E-state index in [-0.39, 0.29) is 23.3 Å². The Morgan fingerprint density at radius 2 is 1.89 bits per heavy atom. The van der Waals surface area contributed by atoms with E-state index in [1.165, 1.54) is 23.3 Å². The first-order valence-electron chi connectivity index (χ1n) is 13.0. The summed E-state index contributed by atoms with van der Waals surface area (Å²) < 4.78 is 38.6.